The molecule has 1 N–H and O–H groups in total. The van der Waals surface area contributed by atoms with Gasteiger partial charge in [0.25, 0.3) is 0 Å². The summed E-state index contributed by atoms with van der Waals surface area (Å²) < 4.78 is 76.8. The number of hydrogen-bond donors (Lipinski definition) is 1. The van der Waals surface area contributed by atoms with Crippen LogP contribution in [-0.4, -0.2) is 18.6 Å². The first kappa shape index (κ1) is 16.3. The predicted molar refractivity (Wildman–Crippen MR) is 61.5 cm³/mol. The largest absolute Gasteiger partial charge is 0.455 e. The smallest absolute Gasteiger partial charge is 0.305 e. The Labute approximate surface area is 114 Å². The van der Waals surface area contributed by atoms with E-state index in [1.807, 2.05) is 0 Å². The Bertz CT molecular complexity index is 445. The molecule has 0 spiro atoms. The van der Waals surface area contributed by atoms with Crippen LogP contribution in [0.5, 0.6) is 0 Å². The van der Waals surface area contributed by atoms with Gasteiger partial charge in [0.05, 0.1) is 4.47 Å². The molecule has 0 fully saturated rings. The first-order chi connectivity index (χ1) is 8.61. The number of hydrogen-bond acceptors (Lipinski definition) is 1. The lowest BCUT2D eigenvalue weighted by atomic mass is 10.00. The van der Waals surface area contributed by atoms with Crippen molar-refractivity contribution in [2.45, 2.75) is 25.1 Å². The topological polar surface area (TPSA) is 12.0 Å². The summed E-state index contributed by atoms with van der Waals surface area (Å²) in [6, 6.07) is 0.361. The van der Waals surface area contributed by atoms with E-state index < -0.39 is 24.0 Å². The molecule has 8 heteroatoms. The van der Waals surface area contributed by atoms with E-state index >= 15 is 0 Å². The van der Waals surface area contributed by atoms with Gasteiger partial charge in [0.15, 0.2) is 0 Å². The zero-order valence-corrected chi connectivity index (χ0v) is 11.2. The highest BCUT2D eigenvalue weighted by atomic mass is 79.9. The summed E-state index contributed by atoms with van der Waals surface area (Å²) in [7, 11) is 0. The van der Waals surface area contributed by atoms with Gasteiger partial charge in [-0.1, -0.05) is 13.0 Å². The fourth-order valence-corrected chi connectivity index (χ4v) is 1.91. The molecular weight excluding hydrogens is 340 g/mol. The maximum absolute atomic E-state index is 13.4. The van der Waals surface area contributed by atoms with Gasteiger partial charge in [0.2, 0.25) is 0 Å². The van der Waals surface area contributed by atoms with Crippen LogP contribution in [0.1, 0.15) is 18.5 Å². The van der Waals surface area contributed by atoms with Crippen LogP contribution in [0.15, 0.2) is 22.7 Å². The van der Waals surface area contributed by atoms with E-state index in [1.54, 1.807) is 0 Å². The molecule has 0 aliphatic rings. The number of rotatable bonds is 4. The van der Waals surface area contributed by atoms with Crippen molar-refractivity contribution in [2.24, 2.45) is 0 Å². The van der Waals surface area contributed by atoms with E-state index in [9.17, 15) is 26.3 Å². The second-order valence-electron chi connectivity index (χ2n) is 3.78. The van der Waals surface area contributed by atoms with Crippen LogP contribution in [-0.2, 0) is 0 Å². The standard InChI is InChI=1S/C11H10BrF6N/c1-2-19-9(10(14,15)11(16,17)18)6-3-4-8(13)7(12)5-6/h3-5,9,19H,2H2,1H3. The Morgan fingerprint density at radius 1 is 1.21 bits per heavy atom. The minimum absolute atomic E-state index is 0.0919. The first-order valence-electron chi connectivity index (χ1n) is 5.24. The molecule has 1 aromatic carbocycles. The van der Waals surface area contributed by atoms with E-state index in [2.05, 4.69) is 21.2 Å². The highest BCUT2D eigenvalue weighted by molar-refractivity contribution is 9.10. The zero-order chi connectivity index (χ0) is 14.8. The van der Waals surface area contributed by atoms with Crippen molar-refractivity contribution >= 4 is 15.9 Å². The van der Waals surface area contributed by atoms with E-state index in [1.165, 1.54) is 6.92 Å². The van der Waals surface area contributed by atoms with Gasteiger partial charge in [-0.15, -0.1) is 0 Å². The van der Waals surface area contributed by atoms with Crippen LogP contribution in [0.25, 0.3) is 0 Å². The summed E-state index contributed by atoms with van der Waals surface area (Å²) in [4.78, 5) is 0. The third-order valence-corrected chi connectivity index (χ3v) is 3.03. The second kappa shape index (κ2) is 5.70. The number of alkyl halides is 5. The van der Waals surface area contributed by atoms with Crippen molar-refractivity contribution in [1.29, 1.82) is 0 Å². The third-order valence-electron chi connectivity index (χ3n) is 2.43. The molecule has 0 aliphatic carbocycles. The van der Waals surface area contributed by atoms with Crippen LogP contribution in [0, 0.1) is 5.82 Å². The molecule has 1 atom stereocenters. The molecule has 0 heterocycles. The van der Waals surface area contributed by atoms with Gasteiger partial charge in [-0.05, 0) is 40.2 Å². The summed E-state index contributed by atoms with van der Waals surface area (Å²) in [6.07, 6.45) is -5.69. The van der Waals surface area contributed by atoms with E-state index in [4.69, 9.17) is 0 Å². The Hall–Kier alpha value is -0.760. The minimum atomic E-state index is -5.69. The van der Waals surface area contributed by atoms with Crippen LogP contribution in [0.3, 0.4) is 0 Å². The highest BCUT2D eigenvalue weighted by Gasteiger charge is 2.62. The number of halogens is 7. The minimum Gasteiger partial charge on any atom is -0.305 e. The quantitative estimate of drug-likeness (QED) is 0.792. The molecule has 0 saturated carbocycles. The SMILES string of the molecule is CCNC(c1ccc(F)c(Br)c1)C(F)(F)C(F)(F)F. The van der Waals surface area contributed by atoms with Crippen LogP contribution >= 0.6 is 15.9 Å². The molecule has 1 unspecified atom stereocenters. The lowest BCUT2D eigenvalue weighted by Crippen LogP contribution is -2.48. The molecule has 1 nitrogen and oxygen atoms in total. The highest BCUT2D eigenvalue weighted by Crippen LogP contribution is 2.44. The molecule has 0 radical (unpaired) electrons. The zero-order valence-electron chi connectivity index (χ0n) is 9.66. The fraction of sp³-hybridized carbons (Fsp3) is 0.455. The molecular formula is C11H10BrF6N. The molecule has 1 rings (SSSR count). The lowest BCUT2D eigenvalue weighted by molar-refractivity contribution is -0.294. The Morgan fingerprint density at radius 2 is 1.79 bits per heavy atom. The van der Waals surface area contributed by atoms with Crippen molar-refractivity contribution in [3.63, 3.8) is 0 Å². The predicted octanol–water partition coefficient (Wildman–Crippen LogP) is 4.44. The monoisotopic (exact) mass is 349 g/mol. The van der Waals surface area contributed by atoms with Gasteiger partial charge in [-0.3, -0.25) is 0 Å². The number of benzene rings is 1. The van der Waals surface area contributed by atoms with Gasteiger partial charge in [0, 0.05) is 0 Å². The summed E-state index contributed by atoms with van der Waals surface area (Å²) in [6.45, 7) is 1.31. The average Bonchev–Trinajstić information content (AvgIpc) is 2.28. The van der Waals surface area contributed by atoms with Crippen molar-refractivity contribution in [3.05, 3.63) is 34.1 Å². The van der Waals surface area contributed by atoms with E-state index in [0.717, 1.165) is 18.2 Å². The summed E-state index contributed by atoms with van der Waals surface area (Å²) in [5.74, 6) is -5.70. The van der Waals surface area contributed by atoms with Crippen LogP contribution in [0.4, 0.5) is 26.3 Å². The summed E-state index contributed by atoms with van der Waals surface area (Å²) in [5, 5.41) is 2.08. The van der Waals surface area contributed by atoms with Gasteiger partial charge < -0.3 is 5.32 Å². The van der Waals surface area contributed by atoms with E-state index in [-0.39, 0.29) is 16.6 Å². The molecule has 1 aromatic rings. The van der Waals surface area contributed by atoms with E-state index in [0.29, 0.717) is 0 Å². The molecule has 0 bridgehead atoms. The Kier molecular flexibility index (Phi) is 4.89. The average molecular weight is 350 g/mol. The maximum Gasteiger partial charge on any atom is 0.455 e. The molecule has 0 aromatic heterocycles. The summed E-state index contributed by atoms with van der Waals surface area (Å²) >= 11 is 2.75. The van der Waals surface area contributed by atoms with Crippen LogP contribution < -0.4 is 5.32 Å². The molecule has 0 saturated heterocycles. The van der Waals surface area contributed by atoms with Gasteiger partial charge in [0.1, 0.15) is 11.9 Å². The second-order valence-corrected chi connectivity index (χ2v) is 4.64. The first-order valence-corrected chi connectivity index (χ1v) is 6.03. The number of nitrogens with one attached hydrogen (secondary N) is 1. The molecule has 108 valence electrons. The van der Waals surface area contributed by atoms with Gasteiger partial charge >= 0.3 is 12.1 Å². The Balaban J connectivity index is 3.24. The lowest BCUT2D eigenvalue weighted by Gasteiger charge is -2.29. The van der Waals surface area contributed by atoms with Crippen LogP contribution in [0.2, 0.25) is 0 Å². The van der Waals surface area contributed by atoms with Gasteiger partial charge in [-0.2, -0.15) is 22.0 Å². The normalized spacial score (nSPS) is 14.5. The van der Waals surface area contributed by atoms with Crippen molar-refractivity contribution in [1.82, 2.24) is 5.32 Å². The maximum atomic E-state index is 13.4. The van der Waals surface area contributed by atoms with Crippen molar-refractivity contribution in [3.8, 4) is 0 Å². The molecule has 0 amide bonds. The van der Waals surface area contributed by atoms with Gasteiger partial charge in [-0.25, -0.2) is 4.39 Å². The van der Waals surface area contributed by atoms with Crippen molar-refractivity contribution < 1.29 is 26.3 Å². The Morgan fingerprint density at radius 3 is 2.21 bits per heavy atom. The summed E-state index contributed by atoms with van der Waals surface area (Å²) in [5.41, 5.74) is -0.350. The third kappa shape index (κ3) is 3.42. The molecule has 19 heavy (non-hydrogen) atoms. The molecule has 0 aliphatic heterocycles. The van der Waals surface area contributed by atoms with Crippen molar-refractivity contribution in [2.75, 3.05) is 6.54 Å². The fourth-order valence-electron chi connectivity index (χ4n) is 1.52.